The fraction of sp³-hybridized carbons (Fsp3) is 0.133. The van der Waals surface area contributed by atoms with Crippen molar-refractivity contribution in [3.8, 4) is 0 Å². The van der Waals surface area contributed by atoms with Crippen LogP contribution >= 0.6 is 34.3 Å². The predicted octanol–water partition coefficient (Wildman–Crippen LogP) is 4.24. The van der Waals surface area contributed by atoms with E-state index in [1.54, 1.807) is 17.5 Å². The van der Waals surface area contributed by atoms with E-state index in [-0.39, 0.29) is 16.1 Å². The third-order valence-corrected chi connectivity index (χ3v) is 5.25. The molecule has 0 aliphatic rings. The lowest BCUT2D eigenvalue weighted by Gasteiger charge is -2.16. The molecule has 0 radical (unpaired) electrons. The van der Waals surface area contributed by atoms with Gasteiger partial charge in [0.05, 0.1) is 7.11 Å². The number of thiazole rings is 2. The van der Waals surface area contributed by atoms with Gasteiger partial charge in [0.25, 0.3) is 0 Å². The van der Waals surface area contributed by atoms with E-state index in [1.807, 2.05) is 35.7 Å². The number of benzene rings is 1. The molecule has 0 saturated heterocycles. The Kier molecular flexibility index (Phi) is 4.90. The Bertz CT molecular complexity index is 790. The number of nitrogens with zero attached hydrogens (tertiary/aromatic N) is 2. The number of hydrogen-bond acceptors (Lipinski definition) is 7. The van der Waals surface area contributed by atoms with Gasteiger partial charge in [-0.2, -0.15) is 0 Å². The van der Waals surface area contributed by atoms with Crippen molar-refractivity contribution in [1.82, 2.24) is 9.97 Å². The summed E-state index contributed by atoms with van der Waals surface area (Å²) in [5, 5.41) is 6.80. The number of carbonyl (C=O) groups excluding carboxylic acids is 1. The second-order valence-electron chi connectivity index (χ2n) is 4.49. The van der Waals surface area contributed by atoms with Crippen molar-refractivity contribution in [2.75, 3.05) is 12.4 Å². The van der Waals surface area contributed by atoms with Gasteiger partial charge in [0.15, 0.2) is 15.2 Å². The van der Waals surface area contributed by atoms with Gasteiger partial charge < -0.3 is 10.1 Å². The standard InChI is InChI=1S/C15H12ClN3O2S2/c1-21-14(20)11-12(16)19-15(23-11)18-10(13-17-7-8-22-13)9-5-3-2-4-6-9/h2-8,10H,1H3,(H,18,19). The highest BCUT2D eigenvalue weighted by molar-refractivity contribution is 7.18. The zero-order valence-electron chi connectivity index (χ0n) is 12.0. The topological polar surface area (TPSA) is 64.1 Å². The quantitative estimate of drug-likeness (QED) is 0.685. The van der Waals surface area contributed by atoms with E-state index in [2.05, 4.69) is 15.3 Å². The van der Waals surface area contributed by atoms with E-state index in [4.69, 9.17) is 16.3 Å². The van der Waals surface area contributed by atoms with Crippen molar-refractivity contribution in [3.05, 3.63) is 62.5 Å². The van der Waals surface area contributed by atoms with Crippen molar-refractivity contribution < 1.29 is 9.53 Å². The van der Waals surface area contributed by atoms with Gasteiger partial charge in [0.1, 0.15) is 11.0 Å². The highest BCUT2D eigenvalue weighted by Gasteiger charge is 2.22. The van der Waals surface area contributed by atoms with Gasteiger partial charge in [-0.05, 0) is 5.56 Å². The van der Waals surface area contributed by atoms with Crippen LogP contribution in [0.25, 0.3) is 0 Å². The summed E-state index contributed by atoms with van der Waals surface area (Å²) in [4.78, 5) is 20.5. The first-order valence-corrected chi connectivity index (χ1v) is 8.72. The van der Waals surface area contributed by atoms with E-state index in [9.17, 15) is 4.79 Å². The Hall–Kier alpha value is -1.96. The lowest BCUT2D eigenvalue weighted by molar-refractivity contribution is 0.0606. The fourth-order valence-corrected chi connectivity index (χ4v) is 3.86. The summed E-state index contributed by atoms with van der Waals surface area (Å²) in [6.07, 6.45) is 1.76. The summed E-state index contributed by atoms with van der Waals surface area (Å²) in [5.74, 6) is -0.494. The zero-order valence-corrected chi connectivity index (χ0v) is 14.4. The molecule has 23 heavy (non-hydrogen) atoms. The van der Waals surface area contributed by atoms with Crippen LogP contribution in [0.4, 0.5) is 5.13 Å². The van der Waals surface area contributed by atoms with Crippen LogP contribution in [0.3, 0.4) is 0 Å². The monoisotopic (exact) mass is 365 g/mol. The van der Waals surface area contributed by atoms with Crippen molar-refractivity contribution >= 4 is 45.4 Å². The van der Waals surface area contributed by atoms with Crippen molar-refractivity contribution in [1.29, 1.82) is 0 Å². The van der Waals surface area contributed by atoms with E-state index in [1.165, 1.54) is 7.11 Å². The third kappa shape index (κ3) is 3.52. The lowest BCUT2D eigenvalue weighted by Crippen LogP contribution is -2.11. The van der Waals surface area contributed by atoms with Crippen molar-refractivity contribution in [2.45, 2.75) is 6.04 Å². The summed E-state index contributed by atoms with van der Waals surface area (Å²) >= 11 is 8.72. The number of esters is 1. The number of carbonyl (C=O) groups is 1. The normalized spacial score (nSPS) is 11.9. The molecule has 0 saturated carbocycles. The van der Waals surface area contributed by atoms with Crippen LogP contribution in [-0.2, 0) is 4.74 Å². The molecule has 1 N–H and O–H groups in total. The maximum atomic E-state index is 11.7. The summed E-state index contributed by atoms with van der Waals surface area (Å²) in [6, 6.07) is 9.74. The molecule has 0 amide bonds. The number of hydrogen-bond donors (Lipinski definition) is 1. The minimum absolute atomic E-state index is 0.135. The van der Waals surface area contributed by atoms with Crippen LogP contribution < -0.4 is 5.32 Å². The van der Waals surface area contributed by atoms with Crippen molar-refractivity contribution in [3.63, 3.8) is 0 Å². The number of halogens is 1. The number of rotatable bonds is 5. The Labute approximate surface area is 145 Å². The second kappa shape index (κ2) is 7.08. The lowest BCUT2D eigenvalue weighted by atomic mass is 10.1. The molecule has 3 aromatic rings. The molecule has 2 aromatic heterocycles. The third-order valence-electron chi connectivity index (χ3n) is 3.06. The predicted molar refractivity (Wildman–Crippen MR) is 92.5 cm³/mol. The maximum absolute atomic E-state index is 11.7. The maximum Gasteiger partial charge on any atom is 0.351 e. The number of aromatic nitrogens is 2. The Morgan fingerprint density at radius 3 is 2.78 bits per heavy atom. The van der Waals surface area contributed by atoms with Crippen molar-refractivity contribution in [2.24, 2.45) is 0 Å². The molecule has 3 rings (SSSR count). The van der Waals surface area contributed by atoms with Crippen LogP contribution in [0.5, 0.6) is 0 Å². The van der Waals surface area contributed by atoms with Gasteiger partial charge in [-0.1, -0.05) is 53.3 Å². The Morgan fingerprint density at radius 2 is 2.13 bits per heavy atom. The fourth-order valence-electron chi connectivity index (χ4n) is 2.02. The highest BCUT2D eigenvalue weighted by Crippen LogP contribution is 2.33. The molecule has 1 atom stereocenters. The number of methoxy groups -OCH3 is 1. The van der Waals surface area contributed by atoms with Gasteiger partial charge in [0.2, 0.25) is 0 Å². The minimum Gasteiger partial charge on any atom is -0.465 e. The number of anilines is 1. The summed E-state index contributed by atoms with van der Waals surface area (Å²) in [5.41, 5.74) is 1.05. The first-order chi connectivity index (χ1) is 11.2. The first-order valence-electron chi connectivity index (χ1n) is 6.64. The smallest absolute Gasteiger partial charge is 0.351 e. The highest BCUT2D eigenvalue weighted by atomic mass is 35.5. The van der Waals surface area contributed by atoms with Gasteiger partial charge in [-0.15, -0.1) is 11.3 Å². The summed E-state index contributed by atoms with van der Waals surface area (Å²) < 4.78 is 4.70. The Balaban J connectivity index is 1.92. The number of nitrogens with one attached hydrogen (secondary N) is 1. The molecule has 0 spiro atoms. The molecule has 1 aromatic carbocycles. The SMILES string of the molecule is COC(=O)c1sc(NC(c2ccccc2)c2nccs2)nc1Cl. The molecule has 5 nitrogen and oxygen atoms in total. The summed E-state index contributed by atoms with van der Waals surface area (Å²) in [7, 11) is 1.31. The molecule has 0 fully saturated rings. The molecule has 118 valence electrons. The molecule has 0 aliphatic heterocycles. The van der Waals surface area contributed by atoms with E-state index >= 15 is 0 Å². The second-order valence-corrected chi connectivity index (χ2v) is 6.77. The molecule has 8 heteroatoms. The molecule has 2 heterocycles. The largest absolute Gasteiger partial charge is 0.465 e. The van der Waals surface area contributed by atoms with Crippen LogP contribution in [0, 0.1) is 0 Å². The van der Waals surface area contributed by atoms with Crippen LogP contribution in [-0.4, -0.2) is 23.0 Å². The van der Waals surface area contributed by atoms with Gasteiger partial charge in [-0.3, -0.25) is 0 Å². The minimum atomic E-state index is -0.494. The zero-order chi connectivity index (χ0) is 16.2. The van der Waals surface area contributed by atoms with Gasteiger partial charge >= 0.3 is 5.97 Å². The van der Waals surface area contributed by atoms with E-state index in [0.717, 1.165) is 21.9 Å². The van der Waals surface area contributed by atoms with E-state index < -0.39 is 5.97 Å². The average Bonchev–Trinajstić information content (AvgIpc) is 3.22. The van der Waals surface area contributed by atoms with Crippen LogP contribution in [0.2, 0.25) is 5.15 Å². The molecular formula is C15H12ClN3O2S2. The molecule has 0 bridgehead atoms. The van der Waals surface area contributed by atoms with Crippen LogP contribution in [0.1, 0.15) is 26.3 Å². The summed E-state index contributed by atoms with van der Waals surface area (Å²) in [6.45, 7) is 0. The Morgan fingerprint density at radius 1 is 1.35 bits per heavy atom. The number of ether oxygens (including phenoxy) is 1. The average molecular weight is 366 g/mol. The van der Waals surface area contributed by atoms with Crippen LogP contribution in [0.15, 0.2) is 41.9 Å². The molecule has 0 aliphatic carbocycles. The first kappa shape index (κ1) is 15.9. The van der Waals surface area contributed by atoms with E-state index in [0.29, 0.717) is 5.13 Å². The molecular weight excluding hydrogens is 354 g/mol. The van der Waals surface area contributed by atoms with Gasteiger partial charge in [0, 0.05) is 11.6 Å². The molecule has 1 unspecified atom stereocenters. The van der Waals surface area contributed by atoms with Gasteiger partial charge in [-0.25, -0.2) is 14.8 Å².